The molecule has 2 atom stereocenters. The third-order valence-electron chi connectivity index (χ3n) is 4.38. The molecular formula is C16H17FN6O. The van der Waals surface area contributed by atoms with Gasteiger partial charge in [0.05, 0.1) is 23.7 Å². The fraction of sp³-hybridized carbons (Fsp3) is 0.312. The molecule has 24 heavy (non-hydrogen) atoms. The Hall–Kier alpha value is -2.74. The van der Waals surface area contributed by atoms with Gasteiger partial charge >= 0.3 is 0 Å². The van der Waals surface area contributed by atoms with Gasteiger partial charge in [0.15, 0.2) is 5.65 Å². The lowest BCUT2D eigenvalue weighted by atomic mass is 10.0. The van der Waals surface area contributed by atoms with Crippen molar-refractivity contribution in [2.75, 3.05) is 17.2 Å². The number of rotatable bonds is 2. The molecule has 0 aliphatic carbocycles. The zero-order chi connectivity index (χ0) is 16.8. The quantitative estimate of drug-likeness (QED) is 0.738. The largest absolute Gasteiger partial charge is 0.391 e. The zero-order valence-electron chi connectivity index (χ0n) is 13.1. The van der Waals surface area contributed by atoms with Crippen LogP contribution in [-0.2, 0) is 7.05 Å². The number of nitrogen functional groups attached to an aromatic ring is 1. The van der Waals surface area contributed by atoms with Crippen LogP contribution in [0.4, 0.5) is 16.2 Å². The van der Waals surface area contributed by atoms with Crippen molar-refractivity contribution in [3.63, 3.8) is 0 Å². The Bertz CT molecular complexity index is 911. The number of aromatic nitrogens is 4. The summed E-state index contributed by atoms with van der Waals surface area (Å²) >= 11 is 0. The van der Waals surface area contributed by atoms with Crippen molar-refractivity contribution in [2.24, 2.45) is 7.05 Å². The molecule has 0 spiro atoms. The Morgan fingerprint density at radius 1 is 1.33 bits per heavy atom. The SMILES string of the molecule is Cn1ncc2c(N)nc(N3C[C@H](O)C[C@H]3c3cccc(F)c3)nc21. The molecule has 0 amide bonds. The summed E-state index contributed by atoms with van der Waals surface area (Å²) in [6.45, 7) is 0.365. The van der Waals surface area contributed by atoms with Crippen LogP contribution < -0.4 is 10.6 Å². The minimum absolute atomic E-state index is 0.208. The molecule has 3 heterocycles. The Balaban J connectivity index is 1.80. The Morgan fingerprint density at radius 3 is 2.96 bits per heavy atom. The second-order valence-electron chi connectivity index (χ2n) is 6.03. The molecule has 0 bridgehead atoms. The van der Waals surface area contributed by atoms with Crippen LogP contribution in [0.3, 0.4) is 0 Å². The second-order valence-corrected chi connectivity index (χ2v) is 6.03. The summed E-state index contributed by atoms with van der Waals surface area (Å²) in [6, 6.07) is 6.16. The van der Waals surface area contributed by atoms with Crippen LogP contribution in [0.2, 0.25) is 0 Å². The van der Waals surface area contributed by atoms with Crippen molar-refractivity contribution in [1.29, 1.82) is 0 Å². The van der Waals surface area contributed by atoms with Gasteiger partial charge in [-0.3, -0.25) is 4.68 Å². The molecule has 8 heteroatoms. The number of fused-ring (bicyclic) bond motifs is 1. The number of hydrogen-bond donors (Lipinski definition) is 2. The molecular weight excluding hydrogens is 311 g/mol. The van der Waals surface area contributed by atoms with Crippen LogP contribution in [-0.4, -0.2) is 37.5 Å². The van der Waals surface area contributed by atoms with Gasteiger partial charge in [0.25, 0.3) is 0 Å². The monoisotopic (exact) mass is 328 g/mol. The lowest BCUT2D eigenvalue weighted by Crippen LogP contribution is -2.26. The molecule has 1 aliphatic rings. The van der Waals surface area contributed by atoms with Gasteiger partial charge in [-0.25, -0.2) is 4.39 Å². The Morgan fingerprint density at radius 2 is 2.17 bits per heavy atom. The number of anilines is 2. The topological polar surface area (TPSA) is 93.1 Å². The van der Waals surface area contributed by atoms with E-state index in [1.165, 1.54) is 12.1 Å². The fourth-order valence-electron chi connectivity index (χ4n) is 3.23. The molecule has 124 valence electrons. The first-order valence-corrected chi connectivity index (χ1v) is 7.68. The summed E-state index contributed by atoms with van der Waals surface area (Å²) in [7, 11) is 1.78. The Kier molecular flexibility index (Phi) is 3.34. The van der Waals surface area contributed by atoms with E-state index in [0.29, 0.717) is 35.8 Å². The summed E-state index contributed by atoms with van der Waals surface area (Å²) in [5.41, 5.74) is 7.43. The van der Waals surface area contributed by atoms with Crippen molar-refractivity contribution in [2.45, 2.75) is 18.6 Å². The van der Waals surface area contributed by atoms with E-state index in [2.05, 4.69) is 15.1 Å². The number of β-amino-alcohol motifs (C(OH)–C–C–N with tert-alkyl or cyclic N) is 1. The van der Waals surface area contributed by atoms with Crippen molar-refractivity contribution in [3.05, 3.63) is 41.8 Å². The minimum Gasteiger partial charge on any atom is -0.391 e. The highest BCUT2D eigenvalue weighted by atomic mass is 19.1. The van der Waals surface area contributed by atoms with Crippen LogP contribution in [0.15, 0.2) is 30.5 Å². The number of hydrogen-bond acceptors (Lipinski definition) is 6. The summed E-state index contributed by atoms with van der Waals surface area (Å²) in [4.78, 5) is 10.8. The van der Waals surface area contributed by atoms with Crippen molar-refractivity contribution >= 4 is 22.8 Å². The van der Waals surface area contributed by atoms with Crippen molar-refractivity contribution < 1.29 is 9.50 Å². The summed E-state index contributed by atoms with van der Waals surface area (Å²) in [6.07, 6.45) is 1.57. The molecule has 4 rings (SSSR count). The maximum absolute atomic E-state index is 13.6. The highest BCUT2D eigenvalue weighted by Crippen LogP contribution is 2.36. The first-order valence-electron chi connectivity index (χ1n) is 7.68. The lowest BCUT2D eigenvalue weighted by molar-refractivity contribution is 0.194. The van der Waals surface area contributed by atoms with Crippen molar-refractivity contribution in [1.82, 2.24) is 19.7 Å². The van der Waals surface area contributed by atoms with Crippen LogP contribution >= 0.6 is 0 Å². The van der Waals surface area contributed by atoms with Gasteiger partial charge in [0.1, 0.15) is 11.6 Å². The summed E-state index contributed by atoms with van der Waals surface area (Å²) in [5, 5.41) is 14.9. The normalized spacial score (nSPS) is 20.9. The lowest BCUT2D eigenvalue weighted by Gasteiger charge is -2.25. The maximum Gasteiger partial charge on any atom is 0.229 e. The smallest absolute Gasteiger partial charge is 0.229 e. The van der Waals surface area contributed by atoms with E-state index in [1.54, 1.807) is 24.0 Å². The molecule has 0 radical (unpaired) electrons. The standard InChI is InChI=1S/C16H17FN6O/c1-22-15-12(7-19-22)14(18)20-16(21-15)23-8-11(24)6-13(23)9-3-2-4-10(17)5-9/h2-5,7,11,13,24H,6,8H2,1H3,(H2,18,20,21)/t11-,13+/m1/s1. The van der Waals surface area contributed by atoms with Crippen LogP contribution in [0.1, 0.15) is 18.0 Å². The van der Waals surface area contributed by atoms with Crippen LogP contribution in [0.25, 0.3) is 11.0 Å². The highest BCUT2D eigenvalue weighted by Gasteiger charge is 2.34. The number of nitrogens with two attached hydrogens (primary N) is 1. The molecule has 0 saturated carbocycles. The molecule has 3 aromatic rings. The molecule has 1 saturated heterocycles. The number of aliphatic hydroxyl groups excluding tert-OH is 1. The van der Waals surface area contributed by atoms with E-state index in [9.17, 15) is 9.50 Å². The summed E-state index contributed by atoms with van der Waals surface area (Å²) < 4.78 is 15.2. The van der Waals surface area contributed by atoms with Crippen LogP contribution in [0.5, 0.6) is 0 Å². The average Bonchev–Trinajstić information content (AvgIpc) is 3.11. The minimum atomic E-state index is -0.537. The predicted octanol–water partition coefficient (Wildman–Crippen LogP) is 1.40. The molecule has 1 aromatic carbocycles. The van der Waals surface area contributed by atoms with E-state index in [-0.39, 0.29) is 11.9 Å². The molecule has 1 fully saturated rings. The van der Waals surface area contributed by atoms with Gasteiger partial charge < -0.3 is 15.7 Å². The van der Waals surface area contributed by atoms with Gasteiger partial charge in [-0.1, -0.05) is 12.1 Å². The molecule has 1 aliphatic heterocycles. The highest BCUT2D eigenvalue weighted by molar-refractivity contribution is 5.86. The number of aliphatic hydroxyl groups is 1. The van der Waals surface area contributed by atoms with Crippen molar-refractivity contribution in [3.8, 4) is 0 Å². The first-order chi connectivity index (χ1) is 11.5. The zero-order valence-corrected chi connectivity index (χ0v) is 13.1. The van der Waals surface area contributed by atoms with Gasteiger partial charge in [0.2, 0.25) is 5.95 Å². The molecule has 7 nitrogen and oxygen atoms in total. The maximum atomic E-state index is 13.6. The summed E-state index contributed by atoms with van der Waals surface area (Å²) in [5.74, 6) is 0.438. The third-order valence-corrected chi connectivity index (χ3v) is 4.38. The van der Waals surface area contributed by atoms with E-state index in [4.69, 9.17) is 5.73 Å². The molecule has 0 unspecified atom stereocenters. The number of nitrogens with zero attached hydrogens (tertiary/aromatic N) is 5. The van der Waals surface area contributed by atoms with E-state index < -0.39 is 6.10 Å². The third kappa shape index (κ3) is 2.35. The van der Waals surface area contributed by atoms with Crippen LogP contribution in [0, 0.1) is 5.82 Å². The van der Waals surface area contributed by atoms with Gasteiger partial charge in [-0.2, -0.15) is 15.1 Å². The molecule has 2 aromatic heterocycles. The number of benzene rings is 1. The fourth-order valence-corrected chi connectivity index (χ4v) is 3.23. The van der Waals surface area contributed by atoms with Gasteiger partial charge in [0, 0.05) is 13.6 Å². The molecule has 3 N–H and O–H groups in total. The van der Waals surface area contributed by atoms with E-state index >= 15 is 0 Å². The predicted molar refractivity (Wildman–Crippen MR) is 87.8 cm³/mol. The van der Waals surface area contributed by atoms with Gasteiger partial charge in [-0.15, -0.1) is 0 Å². The van der Waals surface area contributed by atoms with E-state index in [1.807, 2.05) is 11.0 Å². The number of aryl methyl sites for hydroxylation is 1. The number of halogens is 1. The van der Waals surface area contributed by atoms with E-state index in [0.717, 1.165) is 5.56 Å². The Labute approximate surface area is 137 Å². The first kappa shape index (κ1) is 14.8. The van der Waals surface area contributed by atoms with Gasteiger partial charge in [-0.05, 0) is 24.1 Å². The second kappa shape index (κ2) is 5.41. The average molecular weight is 328 g/mol.